The second kappa shape index (κ2) is 10.6. The van der Waals surface area contributed by atoms with E-state index >= 15 is 0 Å². The van der Waals surface area contributed by atoms with Crippen LogP contribution in [0.2, 0.25) is 0 Å². The van der Waals surface area contributed by atoms with Crippen molar-refractivity contribution in [3.63, 3.8) is 0 Å². The molecule has 0 bridgehead atoms. The summed E-state index contributed by atoms with van der Waals surface area (Å²) in [4.78, 5) is 39.6. The van der Waals surface area contributed by atoms with E-state index in [-0.39, 0.29) is 29.6 Å². The van der Waals surface area contributed by atoms with E-state index in [1.165, 1.54) is 7.11 Å². The van der Waals surface area contributed by atoms with Crippen LogP contribution in [0.4, 0.5) is 0 Å². The van der Waals surface area contributed by atoms with Crippen molar-refractivity contribution in [2.24, 2.45) is 11.8 Å². The Morgan fingerprint density at radius 2 is 1.97 bits per heavy atom. The van der Waals surface area contributed by atoms with Gasteiger partial charge in [-0.1, -0.05) is 26.0 Å². The molecule has 3 amide bonds. The van der Waals surface area contributed by atoms with Crippen LogP contribution in [0.15, 0.2) is 36.9 Å². The van der Waals surface area contributed by atoms with Crippen LogP contribution in [0.25, 0.3) is 0 Å². The largest absolute Gasteiger partial charge is 0.497 e. The Kier molecular flexibility index (Phi) is 8.24. The van der Waals surface area contributed by atoms with Gasteiger partial charge in [0.2, 0.25) is 11.8 Å². The highest BCUT2D eigenvalue weighted by atomic mass is 16.5. The van der Waals surface area contributed by atoms with Crippen molar-refractivity contribution in [1.82, 2.24) is 15.5 Å². The first-order valence-corrected chi connectivity index (χ1v) is 9.99. The molecule has 1 fully saturated rings. The zero-order chi connectivity index (χ0) is 21.4. The van der Waals surface area contributed by atoms with Gasteiger partial charge in [-0.2, -0.15) is 0 Å². The fraction of sp³-hybridized carbons (Fsp3) is 0.500. The van der Waals surface area contributed by atoms with Crippen LogP contribution in [-0.2, 0) is 9.59 Å². The number of hydrogen-bond acceptors (Lipinski definition) is 4. The lowest BCUT2D eigenvalue weighted by Crippen LogP contribution is -2.54. The SMILES string of the molecule is C=CCNC(=O)[C@H](NC(=O)c1cccc(OC)c1)C1CCN(C(=O)C(C)C)CC1. The van der Waals surface area contributed by atoms with Crippen LogP contribution in [0.3, 0.4) is 0 Å². The molecule has 2 N–H and O–H groups in total. The lowest BCUT2D eigenvalue weighted by Gasteiger charge is -2.36. The second-order valence-electron chi connectivity index (χ2n) is 7.53. The number of likely N-dealkylation sites (tertiary alicyclic amines) is 1. The number of carbonyl (C=O) groups excluding carboxylic acids is 3. The summed E-state index contributed by atoms with van der Waals surface area (Å²) in [6.45, 7) is 8.88. The smallest absolute Gasteiger partial charge is 0.252 e. The van der Waals surface area contributed by atoms with Gasteiger partial charge < -0.3 is 20.3 Å². The number of nitrogens with zero attached hydrogens (tertiary/aromatic N) is 1. The summed E-state index contributed by atoms with van der Waals surface area (Å²) >= 11 is 0. The molecule has 7 nitrogen and oxygen atoms in total. The summed E-state index contributed by atoms with van der Waals surface area (Å²) in [5.41, 5.74) is 0.429. The lowest BCUT2D eigenvalue weighted by atomic mass is 9.88. The highest BCUT2D eigenvalue weighted by Gasteiger charge is 2.34. The molecule has 0 radical (unpaired) electrons. The quantitative estimate of drug-likeness (QED) is 0.652. The lowest BCUT2D eigenvalue weighted by molar-refractivity contribution is -0.136. The summed E-state index contributed by atoms with van der Waals surface area (Å²) < 4.78 is 5.17. The van der Waals surface area contributed by atoms with Gasteiger partial charge in [0.25, 0.3) is 5.91 Å². The van der Waals surface area contributed by atoms with E-state index in [0.29, 0.717) is 43.8 Å². The van der Waals surface area contributed by atoms with Crippen molar-refractivity contribution in [1.29, 1.82) is 0 Å². The van der Waals surface area contributed by atoms with Crippen LogP contribution in [0.1, 0.15) is 37.0 Å². The number of piperidine rings is 1. The summed E-state index contributed by atoms with van der Waals surface area (Å²) in [5, 5.41) is 5.67. The Bertz CT molecular complexity index is 739. The molecule has 0 aliphatic carbocycles. The standard InChI is InChI=1S/C22H31N3O4/c1-5-11-23-21(27)19(16-9-12-25(13-10-16)22(28)15(2)3)24-20(26)17-7-6-8-18(14-17)29-4/h5-8,14-16,19H,1,9-13H2,2-4H3,(H,23,27)(H,24,26)/t19-/m1/s1. The van der Waals surface area contributed by atoms with Gasteiger partial charge in [-0.05, 0) is 37.0 Å². The predicted molar refractivity (Wildman–Crippen MR) is 112 cm³/mol. The maximum atomic E-state index is 12.8. The van der Waals surface area contributed by atoms with Crippen molar-refractivity contribution >= 4 is 17.7 Å². The van der Waals surface area contributed by atoms with E-state index in [4.69, 9.17) is 4.74 Å². The van der Waals surface area contributed by atoms with Gasteiger partial charge >= 0.3 is 0 Å². The summed E-state index contributed by atoms with van der Waals surface area (Å²) in [6.07, 6.45) is 2.91. The van der Waals surface area contributed by atoms with Gasteiger partial charge in [-0.15, -0.1) is 6.58 Å². The zero-order valence-electron chi connectivity index (χ0n) is 17.4. The molecule has 1 aromatic rings. The third kappa shape index (κ3) is 6.07. The number of methoxy groups -OCH3 is 1. The van der Waals surface area contributed by atoms with Crippen LogP contribution in [0.5, 0.6) is 5.75 Å². The third-order valence-electron chi connectivity index (χ3n) is 5.14. The average Bonchev–Trinajstić information content (AvgIpc) is 2.75. The van der Waals surface area contributed by atoms with Gasteiger partial charge in [0.15, 0.2) is 0 Å². The number of nitrogens with one attached hydrogen (secondary N) is 2. The molecule has 1 aromatic carbocycles. The van der Waals surface area contributed by atoms with Crippen molar-refractivity contribution < 1.29 is 19.1 Å². The molecule has 0 saturated carbocycles. The minimum atomic E-state index is -0.676. The Hall–Kier alpha value is -2.83. The van der Waals surface area contributed by atoms with Crippen LogP contribution in [-0.4, -0.2) is 55.4 Å². The topological polar surface area (TPSA) is 87.7 Å². The van der Waals surface area contributed by atoms with Crippen molar-refractivity contribution in [3.05, 3.63) is 42.5 Å². The summed E-state index contributed by atoms with van der Waals surface area (Å²) in [6, 6.07) is 6.13. The van der Waals surface area contributed by atoms with E-state index < -0.39 is 6.04 Å². The Balaban J connectivity index is 2.11. The molecule has 7 heteroatoms. The van der Waals surface area contributed by atoms with Crippen LogP contribution >= 0.6 is 0 Å². The molecule has 2 rings (SSSR count). The molecular weight excluding hydrogens is 370 g/mol. The van der Waals surface area contributed by atoms with E-state index in [1.54, 1.807) is 30.3 Å². The van der Waals surface area contributed by atoms with Gasteiger partial charge in [-0.3, -0.25) is 14.4 Å². The van der Waals surface area contributed by atoms with Crippen LogP contribution < -0.4 is 15.4 Å². The maximum Gasteiger partial charge on any atom is 0.252 e. The molecule has 1 aliphatic heterocycles. The van der Waals surface area contributed by atoms with E-state index in [9.17, 15) is 14.4 Å². The second-order valence-corrected chi connectivity index (χ2v) is 7.53. The fourth-order valence-electron chi connectivity index (χ4n) is 3.49. The molecule has 158 valence electrons. The van der Waals surface area contributed by atoms with Gasteiger partial charge in [0.05, 0.1) is 7.11 Å². The number of amides is 3. The summed E-state index contributed by atoms with van der Waals surface area (Å²) in [5.74, 6) is 0.0250. The minimum absolute atomic E-state index is 0.0500. The van der Waals surface area contributed by atoms with Gasteiger partial charge in [-0.25, -0.2) is 0 Å². The van der Waals surface area contributed by atoms with Crippen LogP contribution in [0, 0.1) is 11.8 Å². The zero-order valence-corrected chi connectivity index (χ0v) is 17.4. The monoisotopic (exact) mass is 401 g/mol. The molecule has 0 unspecified atom stereocenters. The van der Waals surface area contributed by atoms with Gasteiger partial charge in [0, 0.05) is 31.1 Å². The number of rotatable bonds is 8. The molecule has 29 heavy (non-hydrogen) atoms. The number of benzene rings is 1. The number of carbonyl (C=O) groups is 3. The molecular formula is C22H31N3O4. The minimum Gasteiger partial charge on any atom is -0.497 e. The Labute approximate surface area is 172 Å². The van der Waals surface area contributed by atoms with Crippen molar-refractivity contribution in [2.75, 3.05) is 26.7 Å². The normalized spacial score (nSPS) is 15.5. The number of hydrogen-bond donors (Lipinski definition) is 2. The molecule has 0 spiro atoms. The van der Waals surface area contributed by atoms with Crippen molar-refractivity contribution in [3.8, 4) is 5.75 Å². The van der Waals surface area contributed by atoms with Crippen molar-refractivity contribution in [2.45, 2.75) is 32.7 Å². The first-order chi connectivity index (χ1) is 13.9. The fourth-order valence-corrected chi connectivity index (χ4v) is 3.49. The average molecular weight is 402 g/mol. The molecule has 1 aliphatic rings. The summed E-state index contributed by atoms with van der Waals surface area (Å²) in [7, 11) is 1.54. The molecule has 0 aromatic heterocycles. The number of ether oxygens (including phenoxy) is 1. The predicted octanol–water partition coefficient (Wildman–Crippen LogP) is 1.99. The maximum absolute atomic E-state index is 12.8. The molecule has 1 saturated heterocycles. The molecule has 1 heterocycles. The first-order valence-electron chi connectivity index (χ1n) is 9.99. The highest BCUT2D eigenvalue weighted by molar-refractivity contribution is 5.98. The third-order valence-corrected chi connectivity index (χ3v) is 5.14. The first kappa shape index (κ1) is 22.5. The van der Waals surface area contributed by atoms with E-state index in [0.717, 1.165) is 0 Å². The molecule has 1 atom stereocenters. The highest BCUT2D eigenvalue weighted by Crippen LogP contribution is 2.23. The Morgan fingerprint density at radius 3 is 2.55 bits per heavy atom. The Morgan fingerprint density at radius 1 is 1.28 bits per heavy atom. The van der Waals surface area contributed by atoms with Gasteiger partial charge in [0.1, 0.15) is 11.8 Å². The van der Waals surface area contributed by atoms with E-state index in [2.05, 4.69) is 17.2 Å². The van der Waals surface area contributed by atoms with E-state index in [1.807, 2.05) is 18.7 Å².